The van der Waals surface area contributed by atoms with Crippen molar-refractivity contribution in [1.29, 1.82) is 0 Å². The monoisotopic (exact) mass is 263 g/mol. The first-order valence-electron chi connectivity index (χ1n) is 6.35. The second-order valence-corrected chi connectivity index (χ2v) is 5.92. The predicted molar refractivity (Wildman–Crippen MR) is 77.1 cm³/mol. The molecule has 4 heteroatoms. The van der Waals surface area contributed by atoms with E-state index in [0.29, 0.717) is 6.04 Å². The van der Waals surface area contributed by atoms with Crippen molar-refractivity contribution in [2.45, 2.75) is 46.8 Å². The van der Waals surface area contributed by atoms with E-state index in [1.54, 1.807) is 11.3 Å². The topological polar surface area (TPSA) is 29.9 Å². The van der Waals surface area contributed by atoms with Crippen LogP contribution in [0.5, 0.6) is 0 Å². The molecule has 0 amide bonds. The Bertz CT molecular complexity index is 511. The highest BCUT2D eigenvalue weighted by Crippen LogP contribution is 2.15. The van der Waals surface area contributed by atoms with Crippen molar-refractivity contribution < 1.29 is 0 Å². The summed E-state index contributed by atoms with van der Waals surface area (Å²) in [7, 11) is 0. The molecule has 0 saturated heterocycles. The number of nitrogens with zero attached hydrogens (tertiary/aromatic N) is 2. The molecule has 0 aliphatic heterocycles. The average molecular weight is 263 g/mol. The SMILES string of the molecule is Cc1csc(Cn2ccc(CNC(C)C)c2C)n1. The molecule has 0 aromatic carbocycles. The third-order valence-electron chi connectivity index (χ3n) is 3.02. The number of rotatable bonds is 5. The molecule has 3 nitrogen and oxygen atoms in total. The first kappa shape index (κ1) is 13.3. The van der Waals surface area contributed by atoms with Gasteiger partial charge in [-0.1, -0.05) is 13.8 Å². The van der Waals surface area contributed by atoms with Crippen LogP contribution in [0.25, 0.3) is 0 Å². The molecular weight excluding hydrogens is 242 g/mol. The Kier molecular flexibility index (Phi) is 4.19. The molecule has 98 valence electrons. The molecule has 18 heavy (non-hydrogen) atoms. The molecule has 0 fully saturated rings. The Hall–Kier alpha value is -1.13. The summed E-state index contributed by atoms with van der Waals surface area (Å²) in [6, 6.07) is 2.72. The second-order valence-electron chi connectivity index (χ2n) is 4.97. The van der Waals surface area contributed by atoms with Crippen molar-refractivity contribution in [2.24, 2.45) is 0 Å². The summed E-state index contributed by atoms with van der Waals surface area (Å²) >= 11 is 1.73. The van der Waals surface area contributed by atoms with E-state index < -0.39 is 0 Å². The maximum absolute atomic E-state index is 4.51. The highest BCUT2D eigenvalue weighted by atomic mass is 32.1. The van der Waals surface area contributed by atoms with Gasteiger partial charge in [0.1, 0.15) is 5.01 Å². The van der Waals surface area contributed by atoms with Gasteiger partial charge in [-0.25, -0.2) is 4.98 Å². The molecular formula is C14H21N3S. The molecule has 0 aliphatic rings. The van der Waals surface area contributed by atoms with Crippen molar-refractivity contribution in [1.82, 2.24) is 14.9 Å². The van der Waals surface area contributed by atoms with Gasteiger partial charge in [-0.2, -0.15) is 0 Å². The van der Waals surface area contributed by atoms with E-state index in [2.05, 4.69) is 53.3 Å². The maximum atomic E-state index is 4.51. The Morgan fingerprint density at radius 3 is 2.78 bits per heavy atom. The molecule has 0 aliphatic carbocycles. The van der Waals surface area contributed by atoms with Crippen molar-refractivity contribution in [3.63, 3.8) is 0 Å². The van der Waals surface area contributed by atoms with Gasteiger partial charge in [0, 0.05) is 35.6 Å². The summed E-state index contributed by atoms with van der Waals surface area (Å²) in [4.78, 5) is 4.51. The number of hydrogen-bond acceptors (Lipinski definition) is 3. The van der Waals surface area contributed by atoms with Crippen LogP contribution in [0.3, 0.4) is 0 Å². The van der Waals surface area contributed by atoms with E-state index in [4.69, 9.17) is 0 Å². The van der Waals surface area contributed by atoms with Gasteiger partial charge in [0.15, 0.2) is 0 Å². The first-order valence-corrected chi connectivity index (χ1v) is 7.23. The molecule has 1 N–H and O–H groups in total. The van der Waals surface area contributed by atoms with Crippen molar-refractivity contribution in [3.8, 4) is 0 Å². The van der Waals surface area contributed by atoms with Crippen LogP contribution in [0.1, 0.15) is 35.8 Å². The van der Waals surface area contributed by atoms with E-state index >= 15 is 0 Å². The van der Waals surface area contributed by atoms with Crippen molar-refractivity contribution >= 4 is 11.3 Å². The smallest absolute Gasteiger partial charge is 0.113 e. The number of aryl methyl sites for hydroxylation is 1. The van der Waals surface area contributed by atoms with Crippen LogP contribution in [0.4, 0.5) is 0 Å². The minimum absolute atomic E-state index is 0.523. The van der Waals surface area contributed by atoms with Gasteiger partial charge in [-0.15, -0.1) is 11.3 Å². The summed E-state index contributed by atoms with van der Waals surface area (Å²) in [6.45, 7) is 10.4. The van der Waals surface area contributed by atoms with Crippen LogP contribution >= 0.6 is 11.3 Å². The highest BCUT2D eigenvalue weighted by Gasteiger charge is 2.07. The van der Waals surface area contributed by atoms with E-state index in [-0.39, 0.29) is 0 Å². The van der Waals surface area contributed by atoms with Gasteiger partial charge in [-0.05, 0) is 25.5 Å². The molecule has 0 radical (unpaired) electrons. The van der Waals surface area contributed by atoms with Crippen LogP contribution in [0.15, 0.2) is 17.6 Å². The molecule has 0 unspecified atom stereocenters. The number of hydrogen-bond donors (Lipinski definition) is 1. The Morgan fingerprint density at radius 1 is 1.39 bits per heavy atom. The van der Waals surface area contributed by atoms with Crippen LogP contribution in [0.2, 0.25) is 0 Å². The largest absolute Gasteiger partial charge is 0.345 e. The van der Waals surface area contributed by atoms with Gasteiger partial charge in [0.05, 0.1) is 6.54 Å². The van der Waals surface area contributed by atoms with Crippen LogP contribution < -0.4 is 5.32 Å². The standard InChI is InChI=1S/C14H21N3S/c1-10(2)15-7-13-5-6-17(12(13)4)8-14-16-11(3)9-18-14/h5-6,9-10,15H,7-8H2,1-4H3. The summed E-state index contributed by atoms with van der Waals surface area (Å²) < 4.78 is 2.27. The third-order valence-corrected chi connectivity index (χ3v) is 3.98. The van der Waals surface area contributed by atoms with Crippen molar-refractivity contribution in [3.05, 3.63) is 39.6 Å². The zero-order chi connectivity index (χ0) is 13.1. The summed E-state index contributed by atoms with van der Waals surface area (Å²) in [5.74, 6) is 0. The van der Waals surface area contributed by atoms with Gasteiger partial charge < -0.3 is 9.88 Å². The first-order chi connectivity index (χ1) is 8.56. The lowest BCUT2D eigenvalue weighted by molar-refractivity contribution is 0.586. The molecule has 0 saturated carbocycles. The van der Waals surface area contributed by atoms with E-state index in [0.717, 1.165) is 18.8 Å². The molecule has 0 bridgehead atoms. The molecule has 0 spiro atoms. The number of nitrogens with one attached hydrogen (secondary N) is 1. The van der Waals surface area contributed by atoms with Crippen LogP contribution in [-0.4, -0.2) is 15.6 Å². The lowest BCUT2D eigenvalue weighted by Gasteiger charge is -2.09. The Balaban J connectivity index is 2.06. The molecule has 2 aromatic heterocycles. The van der Waals surface area contributed by atoms with E-state index in [9.17, 15) is 0 Å². The second kappa shape index (κ2) is 5.67. The molecule has 0 atom stereocenters. The molecule has 2 rings (SSSR count). The van der Waals surface area contributed by atoms with Gasteiger partial charge in [0.25, 0.3) is 0 Å². The zero-order valence-corrected chi connectivity index (χ0v) is 12.3. The normalized spacial score (nSPS) is 11.4. The number of aromatic nitrogens is 2. The Labute approximate surface area is 113 Å². The fraction of sp³-hybridized carbons (Fsp3) is 0.500. The summed E-state index contributed by atoms with van der Waals surface area (Å²) in [5, 5.41) is 6.74. The fourth-order valence-electron chi connectivity index (χ4n) is 1.89. The van der Waals surface area contributed by atoms with Crippen LogP contribution in [0, 0.1) is 13.8 Å². The van der Waals surface area contributed by atoms with E-state index in [1.165, 1.54) is 16.3 Å². The van der Waals surface area contributed by atoms with Crippen molar-refractivity contribution in [2.75, 3.05) is 0 Å². The van der Waals surface area contributed by atoms with Crippen LogP contribution in [-0.2, 0) is 13.1 Å². The summed E-state index contributed by atoms with van der Waals surface area (Å²) in [5.41, 5.74) is 3.81. The quantitative estimate of drug-likeness (QED) is 0.898. The third kappa shape index (κ3) is 3.21. The minimum atomic E-state index is 0.523. The Morgan fingerprint density at radius 2 is 2.17 bits per heavy atom. The van der Waals surface area contributed by atoms with Gasteiger partial charge in [-0.3, -0.25) is 0 Å². The number of thiazole rings is 1. The minimum Gasteiger partial charge on any atom is -0.345 e. The lowest BCUT2D eigenvalue weighted by Crippen LogP contribution is -2.22. The highest BCUT2D eigenvalue weighted by molar-refractivity contribution is 7.09. The molecule has 2 heterocycles. The summed E-state index contributed by atoms with van der Waals surface area (Å²) in [6.07, 6.45) is 2.16. The maximum Gasteiger partial charge on any atom is 0.113 e. The predicted octanol–water partition coefficient (Wildman–Crippen LogP) is 3.11. The fourth-order valence-corrected chi connectivity index (χ4v) is 2.66. The zero-order valence-electron chi connectivity index (χ0n) is 11.5. The molecule has 2 aromatic rings. The van der Waals surface area contributed by atoms with E-state index in [1.807, 2.05) is 6.92 Å². The lowest BCUT2D eigenvalue weighted by atomic mass is 10.2. The average Bonchev–Trinajstić information content (AvgIpc) is 2.86. The van der Waals surface area contributed by atoms with Gasteiger partial charge >= 0.3 is 0 Å². The van der Waals surface area contributed by atoms with Gasteiger partial charge in [0.2, 0.25) is 0 Å².